The Morgan fingerprint density at radius 3 is 2.00 bits per heavy atom. The predicted molar refractivity (Wildman–Crippen MR) is 66.0 cm³/mol. The highest BCUT2D eigenvalue weighted by molar-refractivity contribution is 14.1. The number of rotatable bonds is 1. The van der Waals surface area contributed by atoms with Gasteiger partial charge in [0.2, 0.25) is 0 Å². The van der Waals surface area contributed by atoms with Crippen LogP contribution in [0.15, 0.2) is 0 Å². The van der Waals surface area contributed by atoms with Gasteiger partial charge in [0, 0.05) is 0 Å². The molecule has 0 aromatic heterocycles. The minimum atomic E-state index is -0.133. The Labute approximate surface area is 104 Å². The molecule has 0 atom stereocenters. The fourth-order valence-corrected chi connectivity index (χ4v) is 4.93. The Bertz CT molecular complexity index is 272. The standard InChI is InChI=1S/C12H17IO2/c1-12(15-11(13)14)9-3-7-2-8(5-9)6-10(12)4-7/h7-10H,2-6H2,1H3. The zero-order chi connectivity index (χ0) is 10.6. The Morgan fingerprint density at radius 2 is 1.60 bits per heavy atom. The van der Waals surface area contributed by atoms with Gasteiger partial charge in [0.15, 0.2) is 0 Å². The Balaban J connectivity index is 1.87. The molecule has 0 aliphatic heterocycles. The molecule has 0 spiro atoms. The maximum absolute atomic E-state index is 11.2. The molecule has 0 radical (unpaired) electrons. The lowest BCUT2D eigenvalue weighted by Crippen LogP contribution is -2.57. The van der Waals surface area contributed by atoms with E-state index in [-0.39, 0.29) is 9.58 Å². The minimum absolute atomic E-state index is 0.123. The maximum atomic E-state index is 11.2. The summed E-state index contributed by atoms with van der Waals surface area (Å²) in [7, 11) is 0. The molecule has 0 unspecified atom stereocenters. The molecule has 4 aliphatic carbocycles. The van der Waals surface area contributed by atoms with E-state index in [1.165, 1.54) is 32.1 Å². The lowest BCUT2D eigenvalue weighted by Gasteiger charge is -2.58. The van der Waals surface area contributed by atoms with Gasteiger partial charge in [0.25, 0.3) is 0 Å². The lowest BCUT2D eigenvalue weighted by atomic mass is 9.50. The Hall–Kier alpha value is 0.200. The van der Waals surface area contributed by atoms with Crippen LogP contribution in [0.5, 0.6) is 0 Å². The molecule has 0 aromatic rings. The summed E-state index contributed by atoms with van der Waals surface area (Å²) in [5.41, 5.74) is -0.133. The molecule has 0 saturated heterocycles. The number of halogens is 1. The first-order chi connectivity index (χ1) is 7.08. The van der Waals surface area contributed by atoms with Crippen molar-refractivity contribution in [3.63, 3.8) is 0 Å². The van der Waals surface area contributed by atoms with Crippen molar-refractivity contribution in [2.45, 2.75) is 44.6 Å². The predicted octanol–water partition coefficient (Wildman–Crippen LogP) is 3.77. The first kappa shape index (κ1) is 10.4. The molecule has 3 heteroatoms. The molecule has 4 bridgehead atoms. The van der Waals surface area contributed by atoms with Gasteiger partial charge in [-0.25, -0.2) is 4.79 Å². The van der Waals surface area contributed by atoms with E-state index in [0.717, 1.165) is 11.8 Å². The number of carbonyl (C=O) groups excluding carboxylic acids is 1. The van der Waals surface area contributed by atoms with Gasteiger partial charge in [-0.3, -0.25) is 0 Å². The summed E-state index contributed by atoms with van der Waals surface area (Å²) < 4.78 is 5.54. The molecule has 0 N–H and O–H groups in total. The second-order valence-electron chi connectivity index (χ2n) is 5.83. The molecule has 4 rings (SSSR count). The van der Waals surface area contributed by atoms with Crippen LogP contribution in [0.1, 0.15) is 39.0 Å². The molecule has 4 saturated carbocycles. The Kier molecular flexibility index (Phi) is 2.31. The lowest BCUT2D eigenvalue weighted by molar-refractivity contribution is -0.156. The average Bonchev–Trinajstić information content (AvgIpc) is 2.12. The summed E-state index contributed by atoms with van der Waals surface area (Å²) in [4.78, 5) is 11.2. The fraction of sp³-hybridized carbons (Fsp3) is 0.917. The molecule has 0 heterocycles. The zero-order valence-electron chi connectivity index (χ0n) is 9.04. The molecule has 0 aromatic carbocycles. The van der Waals surface area contributed by atoms with Gasteiger partial charge in [-0.1, -0.05) is 0 Å². The third kappa shape index (κ3) is 1.53. The first-order valence-electron chi connectivity index (χ1n) is 5.96. The highest BCUT2D eigenvalue weighted by atomic mass is 127. The monoisotopic (exact) mass is 320 g/mol. The van der Waals surface area contributed by atoms with Crippen molar-refractivity contribution >= 4 is 26.6 Å². The third-order valence-corrected chi connectivity index (χ3v) is 5.28. The molecule has 4 fully saturated rings. The number of ether oxygens (including phenoxy) is 1. The third-order valence-electron chi connectivity index (χ3n) is 5.06. The zero-order valence-corrected chi connectivity index (χ0v) is 11.2. The van der Waals surface area contributed by atoms with Crippen LogP contribution in [0.4, 0.5) is 4.79 Å². The van der Waals surface area contributed by atoms with Gasteiger partial charge in [0.1, 0.15) is 5.60 Å². The number of hydrogen-bond acceptors (Lipinski definition) is 2. The van der Waals surface area contributed by atoms with E-state index < -0.39 is 0 Å². The van der Waals surface area contributed by atoms with Crippen molar-refractivity contribution in [2.75, 3.05) is 0 Å². The second-order valence-corrected chi connectivity index (χ2v) is 6.71. The van der Waals surface area contributed by atoms with Gasteiger partial charge < -0.3 is 4.74 Å². The largest absolute Gasteiger partial charge is 0.451 e. The molecule has 15 heavy (non-hydrogen) atoms. The SMILES string of the molecule is CC1(OC(=O)I)C2CC3CC(C2)CC1C3. The van der Waals surface area contributed by atoms with E-state index in [9.17, 15) is 4.79 Å². The summed E-state index contributed by atoms with van der Waals surface area (Å²) in [5.74, 6) is 3.17. The summed E-state index contributed by atoms with van der Waals surface area (Å²) in [5, 5.41) is 0. The van der Waals surface area contributed by atoms with Crippen LogP contribution >= 0.6 is 22.6 Å². The fourth-order valence-electron chi connectivity index (χ4n) is 4.46. The van der Waals surface area contributed by atoms with E-state index in [2.05, 4.69) is 6.92 Å². The molecule has 2 nitrogen and oxygen atoms in total. The van der Waals surface area contributed by atoms with Crippen LogP contribution < -0.4 is 0 Å². The maximum Gasteiger partial charge on any atom is 0.367 e. The van der Waals surface area contributed by atoms with Crippen LogP contribution in [-0.2, 0) is 4.74 Å². The van der Waals surface area contributed by atoms with Crippen LogP contribution in [0.2, 0.25) is 0 Å². The van der Waals surface area contributed by atoms with Gasteiger partial charge in [-0.05, 0) is 62.7 Å². The van der Waals surface area contributed by atoms with Crippen molar-refractivity contribution in [1.82, 2.24) is 0 Å². The van der Waals surface area contributed by atoms with Crippen molar-refractivity contribution in [3.05, 3.63) is 0 Å². The van der Waals surface area contributed by atoms with Crippen molar-refractivity contribution in [3.8, 4) is 0 Å². The molecular weight excluding hydrogens is 303 g/mol. The average molecular weight is 320 g/mol. The summed E-state index contributed by atoms with van der Waals surface area (Å²) in [6, 6.07) is 0. The van der Waals surface area contributed by atoms with Crippen LogP contribution in [0, 0.1) is 23.7 Å². The summed E-state index contributed by atoms with van der Waals surface area (Å²) in [6.45, 7) is 2.18. The van der Waals surface area contributed by atoms with Crippen molar-refractivity contribution < 1.29 is 9.53 Å². The second kappa shape index (κ2) is 3.34. The van der Waals surface area contributed by atoms with Gasteiger partial charge in [0.05, 0.1) is 22.6 Å². The van der Waals surface area contributed by atoms with E-state index in [1.807, 2.05) is 0 Å². The molecule has 4 aliphatic rings. The van der Waals surface area contributed by atoms with E-state index >= 15 is 0 Å². The highest BCUT2D eigenvalue weighted by Gasteiger charge is 2.56. The van der Waals surface area contributed by atoms with Gasteiger partial charge in [-0.15, -0.1) is 0 Å². The van der Waals surface area contributed by atoms with Crippen LogP contribution in [0.25, 0.3) is 0 Å². The first-order valence-corrected chi connectivity index (χ1v) is 7.04. The van der Waals surface area contributed by atoms with Crippen molar-refractivity contribution in [2.24, 2.45) is 23.7 Å². The smallest absolute Gasteiger partial charge is 0.367 e. The van der Waals surface area contributed by atoms with Gasteiger partial charge in [-0.2, -0.15) is 0 Å². The molecular formula is C12H17IO2. The molecule has 0 amide bonds. The van der Waals surface area contributed by atoms with E-state index in [4.69, 9.17) is 4.74 Å². The number of carbonyl (C=O) groups is 1. The normalized spacial score (nSPS) is 51.9. The summed E-state index contributed by atoms with van der Waals surface area (Å²) >= 11 is 1.77. The number of hydrogen-bond donors (Lipinski definition) is 0. The van der Waals surface area contributed by atoms with E-state index in [0.29, 0.717) is 11.8 Å². The highest BCUT2D eigenvalue weighted by Crippen LogP contribution is 2.59. The van der Waals surface area contributed by atoms with Crippen LogP contribution in [-0.4, -0.2) is 9.58 Å². The Morgan fingerprint density at radius 1 is 1.13 bits per heavy atom. The van der Waals surface area contributed by atoms with Crippen LogP contribution in [0.3, 0.4) is 0 Å². The summed E-state index contributed by atoms with van der Waals surface area (Å²) in [6.07, 6.45) is 6.64. The van der Waals surface area contributed by atoms with E-state index in [1.54, 1.807) is 22.6 Å². The minimum Gasteiger partial charge on any atom is -0.451 e. The topological polar surface area (TPSA) is 26.3 Å². The quantitative estimate of drug-likeness (QED) is 0.543. The van der Waals surface area contributed by atoms with Gasteiger partial charge >= 0.3 is 3.98 Å². The van der Waals surface area contributed by atoms with Crippen molar-refractivity contribution in [1.29, 1.82) is 0 Å². The molecule has 84 valence electrons.